The van der Waals surface area contributed by atoms with Gasteiger partial charge in [-0.05, 0) is 38.5 Å². The molecule has 5 nitrogen and oxygen atoms in total. The van der Waals surface area contributed by atoms with Crippen LogP contribution < -0.4 is 5.32 Å². The van der Waals surface area contributed by atoms with Gasteiger partial charge in [0.05, 0.1) is 13.1 Å². The number of carbonyl (C=O) groups is 2. The Morgan fingerprint density at radius 1 is 0.963 bits per heavy atom. The van der Waals surface area contributed by atoms with Crippen LogP contribution in [0.5, 0.6) is 0 Å². The minimum atomic E-state index is -0.200. The van der Waals surface area contributed by atoms with E-state index in [0.29, 0.717) is 6.54 Å². The van der Waals surface area contributed by atoms with E-state index in [1.165, 1.54) is 10.5 Å². The molecule has 2 amide bonds. The molecular formula is C22H29N3O2. The van der Waals surface area contributed by atoms with Gasteiger partial charge in [-0.1, -0.05) is 48.0 Å². The molecule has 0 atom stereocenters. The quantitative estimate of drug-likeness (QED) is 0.779. The average molecular weight is 367 g/mol. The molecule has 0 heterocycles. The lowest BCUT2D eigenvalue weighted by Crippen LogP contribution is -2.43. The minimum absolute atomic E-state index is 0.0317. The summed E-state index contributed by atoms with van der Waals surface area (Å²) in [5.74, 6) is -0.271. The number of aryl methyl sites for hydroxylation is 1. The Labute approximate surface area is 162 Å². The highest BCUT2D eigenvalue weighted by Gasteiger charge is 2.19. The first kappa shape index (κ1) is 20.6. The molecule has 0 aliphatic heterocycles. The number of hydrogen-bond acceptors (Lipinski definition) is 3. The first-order chi connectivity index (χ1) is 12.8. The van der Waals surface area contributed by atoms with Gasteiger partial charge in [-0.3, -0.25) is 14.5 Å². The van der Waals surface area contributed by atoms with Crippen LogP contribution in [-0.4, -0.2) is 47.8 Å². The molecule has 2 rings (SSSR count). The zero-order valence-corrected chi connectivity index (χ0v) is 16.6. The lowest BCUT2D eigenvalue weighted by atomic mass is 10.2. The van der Waals surface area contributed by atoms with Crippen molar-refractivity contribution in [2.75, 3.05) is 25.5 Å². The zero-order valence-electron chi connectivity index (χ0n) is 16.6. The first-order valence-corrected chi connectivity index (χ1v) is 9.23. The maximum atomic E-state index is 12.6. The van der Waals surface area contributed by atoms with Crippen molar-refractivity contribution in [3.8, 4) is 0 Å². The third kappa shape index (κ3) is 6.87. The van der Waals surface area contributed by atoms with Crippen LogP contribution in [0.3, 0.4) is 0 Å². The summed E-state index contributed by atoms with van der Waals surface area (Å²) >= 11 is 0. The molecule has 2 aromatic carbocycles. The Morgan fingerprint density at radius 2 is 1.59 bits per heavy atom. The monoisotopic (exact) mass is 367 g/mol. The number of nitrogens with one attached hydrogen (secondary N) is 1. The number of carbonyl (C=O) groups excluding carboxylic acids is 2. The summed E-state index contributed by atoms with van der Waals surface area (Å²) < 4.78 is 0. The molecule has 0 bridgehead atoms. The van der Waals surface area contributed by atoms with Gasteiger partial charge in [0.25, 0.3) is 0 Å². The molecule has 0 fully saturated rings. The molecular weight excluding hydrogens is 338 g/mol. The lowest BCUT2D eigenvalue weighted by molar-refractivity contribution is -0.134. The summed E-state index contributed by atoms with van der Waals surface area (Å²) in [5, 5.41) is 2.82. The van der Waals surface area contributed by atoms with E-state index in [-0.39, 0.29) is 30.9 Å². The van der Waals surface area contributed by atoms with E-state index < -0.39 is 0 Å². The number of amides is 2. The molecule has 0 aliphatic carbocycles. The fraction of sp³-hybridized carbons (Fsp3) is 0.364. The summed E-state index contributed by atoms with van der Waals surface area (Å²) in [4.78, 5) is 28.4. The largest absolute Gasteiger partial charge is 0.335 e. The van der Waals surface area contributed by atoms with Crippen LogP contribution in [0.1, 0.15) is 25.0 Å². The molecule has 1 N–H and O–H groups in total. The third-order valence-electron chi connectivity index (χ3n) is 4.44. The van der Waals surface area contributed by atoms with Crippen LogP contribution in [0, 0.1) is 6.92 Å². The lowest BCUT2D eigenvalue weighted by Gasteiger charge is -2.28. The first-order valence-electron chi connectivity index (χ1n) is 9.23. The van der Waals surface area contributed by atoms with Crippen molar-refractivity contribution >= 4 is 17.5 Å². The Bertz CT molecular complexity index is 742. The smallest absolute Gasteiger partial charge is 0.243 e. The summed E-state index contributed by atoms with van der Waals surface area (Å²) in [6.07, 6.45) is 0. The standard InChI is InChI=1S/C22H29N3O2/c1-17(2)25(14-19-8-6-5-7-9-19)16-22(27)24(4)15-21(26)23-20-12-10-18(3)11-13-20/h5-13,17H,14-16H2,1-4H3,(H,23,26). The highest BCUT2D eigenvalue weighted by molar-refractivity contribution is 5.94. The predicted octanol–water partition coefficient (Wildman–Crippen LogP) is 3.30. The Morgan fingerprint density at radius 3 is 2.19 bits per heavy atom. The van der Waals surface area contributed by atoms with Crippen molar-refractivity contribution in [3.05, 3.63) is 65.7 Å². The Kier molecular flexibility index (Phi) is 7.55. The summed E-state index contributed by atoms with van der Waals surface area (Å²) in [5.41, 5.74) is 3.03. The van der Waals surface area contributed by atoms with Gasteiger partial charge < -0.3 is 10.2 Å². The van der Waals surface area contributed by atoms with E-state index in [2.05, 4.69) is 36.2 Å². The van der Waals surface area contributed by atoms with Gasteiger partial charge in [0.15, 0.2) is 0 Å². The average Bonchev–Trinajstić information content (AvgIpc) is 2.63. The maximum absolute atomic E-state index is 12.6. The number of hydrogen-bond donors (Lipinski definition) is 1. The van der Waals surface area contributed by atoms with Crippen molar-refractivity contribution in [1.29, 1.82) is 0 Å². The molecule has 2 aromatic rings. The van der Waals surface area contributed by atoms with Crippen molar-refractivity contribution in [3.63, 3.8) is 0 Å². The molecule has 0 radical (unpaired) electrons. The van der Waals surface area contributed by atoms with Crippen LogP contribution in [0.15, 0.2) is 54.6 Å². The fourth-order valence-electron chi connectivity index (χ4n) is 2.67. The van der Waals surface area contributed by atoms with E-state index in [0.717, 1.165) is 11.3 Å². The van der Waals surface area contributed by atoms with E-state index in [9.17, 15) is 9.59 Å². The van der Waals surface area contributed by atoms with Crippen molar-refractivity contribution in [2.45, 2.75) is 33.4 Å². The number of likely N-dealkylation sites (N-methyl/N-ethyl adjacent to an activating group) is 1. The highest BCUT2D eigenvalue weighted by atomic mass is 16.2. The van der Waals surface area contributed by atoms with Gasteiger partial charge in [-0.25, -0.2) is 0 Å². The molecule has 0 aromatic heterocycles. The van der Waals surface area contributed by atoms with Gasteiger partial charge in [0.2, 0.25) is 11.8 Å². The van der Waals surface area contributed by atoms with Crippen molar-refractivity contribution < 1.29 is 9.59 Å². The Hall–Kier alpha value is -2.66. The number of benzene rings is 2. The molecule has 0 unspecified atom stereocenters. The molecule has 0 spiro atoms. The molecule has 27 heavy (non-hydrogen) atoms. The van der Waals surface area contributed by atoms with Gasteiger partial charge in [-0.15, -0.1) is 0 Å². The van der Waals surface area contributed by atoms with Gasteiger partial charge in [0, 0.05) is 25.3 Å². The van der Waals surface area contributed by atoms with E-state index >= 15 is 0 Å². The zero-order chi connectivity index (χ0) is 19.8. The van der Waals surface area contributed by atoms with Crippen LogP contribution in [-0.2, 0) is 16.1 Å². The van der Waals surface area contributed by atoms with Crippen molar-refractivity contribution in [1.82, 2.24) is 9.80 Å². The van der Waals surface area contributed by atoms with Crippen LogP contribution in [0.4, 0.5) is 5.69 Å². The van der Waals surface area contributed by atoms with E-state index in [1.54, 1.807) is 7.05 Å². The molecule has 0 aliphatic rings. The molecule has 5 heteroatoms. The van der Waals surface area contributed by atoms with Gasteiger partial charge >= 0.3 is 0 Å². The molecule has 144 valence electrons. The third-order valence-corrected chi connectivity index (χ3v) is 4.44. The second-order valence-electron chi connectivity index (χ2n) is 7.15. The molecule has 0 saturated carbocycles. The van der Waals surface area contributed by atoms with Gasteiger partial charge in [0.1, 0.15) is 0 Å². The fourth-order valence-corrected chi connectivity index (χ4v) is 2.67. The van der Waals surface area contributed by atoms with Crippen LogP contribution in [0.25, 0.3) is 0 Å². The second kappa shape index (κ2) is 9.88. The summed E-state index contributed by atoms with van der Waals surface area (Å²) in [7, 11) is 1.66. The Balaban J connectivity index is 1.88. The van der Waals surface area contributed by atoms with E-state index in [1.807, 2.05) is 49.4 Å². The maximum Gasteiger partial charge on any atom is 0.243 e. The van der Waals surface area contributed by atoms with Crippen LogP contribution >= 0.6 is 0 Å². The number of rotatable bonds is 8. The van der Waals surface area contributed by atoms with Crippen LogP contribution in [0.2, 0.25) is 0 Å². The summed E-state index contributed by atoms with van der Waals surface area (Å²) in [6, 6.07) is 17.9. The SMILES string of the molecule is Cc1ccc(NC(=O)CN(C)C(=O)CN(Cc2ccccc2)C(C)C)cc1. The normalized spacial score (nSPS) is 10.9. The number of anilines is 1. The van der Waals surface area contributed by atoms with Gasteiger partial charge in [-0.2, -0.15) is 0 Å². The van der Waals surface area contributed by atoms with E-state index in [4.69, 9.17) is 0 Å². The number of nitrogens with zero attached hydrogens (tertiary/aromatic N) is 2. The second-order valence-corrected chi connectivity index (χ2v) is 7.15. The predicted molar refractivity (Wildman–Crippen MR) is 109 cm³/mol. The summed E-state index contributed by atoms with van der Waals surface area (Å²) in [6.45, 7) is 7.15. The molecule has 0 saturated heterocycles. The minimum Gasteiger partial charge on any atom is -0.335 e. The van der Waals surface area contributed by atoms with Crippen molar-refractivity contribution in [2.24, 2.45) is 0 Å². The highest BCUT2D eigenvalue weighted by Crippen LogP contribution is 2.10. The topological polar surface area (TPSA) is 52.7 Å².